The molecule has 0 aliphatic rings. The molecule has 0 amide bonds. The first-order valence-corrected chi connectivity index (χ1v) is 4.06. The van der Waals surface area contributed by atoms with E-state index < -0.39 is 0 Å². The summed E-state index contributed by atoms with van der Waals surface area (Å²) < 4.78 is 10.4. The third kappa shape index (κ3) is 1.38. The van der Waals surface area contributed by atoms with E-state index in [4.69, 9.17) is 14.9 Å². The summed E-state index contributed by atoms with van der Waals surface area (Å²) in [4.78, 5) is 0. The molecule has 2 aromatic rings. The second-order valence-corrected chi connectivity index (χ2v) is 2.95. The predicted octanol–water partition coefficient (Wildman–Crippen LogP) is 2.16. The minimum atomic E-state index is 0.552. The van der Waals surface area contributed by atoms with Crippen LogP contribution in [0.25, 0.3) is 11.0 Å². The maximum atomic E-state index is 5.67. The first kappa shape index (κ1) is 8.13. The van der Waals surface area contributed by atoms with Crippen LogP contribution in [-0.4, -0.2) is 7.11 Å². The Labute approximate surface area is 76.1 Å². The summed E-state index contributed by atoms with van der Waals surface area (Å²) in [5.41, 5.74) is 8.29. The fraction of sp³-hybridized carbons (Fsp3) is 0.200. The third-order valence-corrected chi connectivity index (χ3v) is 1.98. The Bertz CT molecular complexity index is 420. The average molecular weight is 177 g/mol. The van der Waals surface area contributed by atoms with Gasteiger partial charge >= 0.3 is 0 Å². The molecule has 2 rings (SSSR count). The van der Waals surface area contributed by atoms with Crippen LogP contribution in [0.1, 0.15) is 5.56 Å². The number of benzene rings is 1. The van der Waals surface area contributed by atoms with Gasteiger partial charge in [-0.25, -0.2) is 0 Å². The Kier molecular flexibility index (Phi) is 1.94. The van der Waals surface area contributed by atoms with Gasteiger partial charge in [0.2, 0.25) is 0 Å². The lowest BCUT2D eigenvalue weighted by Gasteiger charge is -1.96. The number of hydrogen-bond acceptors (Lipinski definition) is 3. The Morgan fingerprint density at radius 3 is 3.08 bits per heavy atom. The van der Waals surface area contributed by atoms with Crippen molar-refractivity contribution in [2.24, 2.45) is 0 Å². The third-order valence-electron chi connectivity index (χ3n) is 1.98. The maximum absolute atomic E-state index is 5.67. The smallest absolute Gasteiger partial charge is 0.134 e. The molecule has 0 radical (unpaired) electrons. The molecule has 2 N–H and O–H groups in total. The predicted molar refractivity (Wildman–Crippen MR) is 51.3 cm³/mol. The summed E-state index contributed by atoms with van der Waals surface area (Å²) in [5.74, 6) is 0. The lowest BCUT2D eigenvalue weighted by atomic mass is 10.2. The molecule has 0 saturated carbocycles. The highest BCUT2D eigenvalue weighted by molar-refractivity contribution is 5.83. The van der Waals surface area contributed by atoms with E-state index in [-0.39, 0.29) is 0 Å². The van der Waals surface area contributed by atoms with Crippen molar-refractivity contribution in [1.29, 1.82) is 0 Å². The highest BCUT2D eigenvalue weighted by Crippen LogP contribution is 2.23. The van der Waals surface area contributed by atoms with Crippen molar-refractivity contribution in [3.05, 3.63) is 30.0 Å². The number of methoxy groups -OCH3 is 1. The normalized spacial score (nSPS) is 10.8. The Morgan fingerprint density at radius 1 is 1.46 bits per heavy atom. The van der Waals surface area contributed by atoms with Crippen molar-refractivity contribution in [2.45, 2.75) is 6.61 Å². The Morgan fingerprint density at radius 2 is 2.31 bits per heavy atom. The monoisotopic (exact) mass is 177 g/mol. The number of rotatable bonds is 2. The maximum Gasteiger partial charge on any atom is 0.134 e. The van der Waals surface area contributed by atoms with Crippen molar-refractivity contribution in [3.63, 3.8) is 0 Å². The zero-order chi connectivity index (χ0) is 9.26. The van der Waals surface area contributed by atoms with Crippen LogP contribution in [0.2, 0.25) is 0 Å². The summed E-state index contributed by atoms with van der Waals surface area (Å²) in [5, 5.41) is 1.03. The SMILES string of the molecule is COCc1coc2ccc(N)cc12. The van der Waals surface area contributed by atoms with Crippen LogP contribution in [0.4, 0.5) is 5.69 Å². The lowest BCUT2D eigenvalue weighted by Crippen LogP contribution is -1.86. The van der Waals surface area contributed by atoms with Gasteiger partial charge in [0, 0.05) is 23.7 Å². The van der Waals surface area contributed by atoms with Crippen LogP contribution >= 0.6 is 0 Å². The van der Waals surface area contributed by atoms with E-state index in [0.717, 1.165) is 22.2 Å². The summed E-state index contributed by atoms with van der Waals surface area (Å²) >= 11 is 0. The van der Waals surface area contributed by atoms with Crippen molar-refractivity contribution >= 4 is 16.7 Å². The van der Waals surface area contributed by atoms with Crippen LogP contribution in [0.3, 0.4) is 0 Å². The molecule has 3 nitrogen and oxygen atoms in total. The number of nitrogens with two attached hydrogens (primary N) is 1. The van der Waals surface area contributed by atoms with E-state index in [9.17, 15) is 0 Å². The van der Waals surface area contributed by atoms with Gasteiger partial charge in [-0.1, -0.05) is 0 Å². The van der Waals surface area contributed by atoms with Crippen LogP contribution in [0, 0.1) is 0 Å². The number of fused-ring (bicyclic) bond motifs is 1. The molecule has 0 unspecified atom stereocenters. The number of ether oxygens (including phenoxy) is 1. The standard InChI is InChI=1S/C10H11NO2/c1-12-5-7-6-13-10-3-2-8(11)4-9(7)10/h2-4,6H,5,11H2,1H3. The van der Waals surface area contributed by atoms with Crippen LogP contribution in [0.15, 0.2) is 28.9 Å². The summed E-state index contributed by atoms with van der Waals surface area (Å²) in [7, 11) is 1.66. The topological polar surface area (TPSA) is 48.4 Å². The van der Waals surface area contributed by atoms with E-state index in [1.165, 1.54) is 0 Å². The van der Waals surface area contributed by atoms with Crippen LogP contribution < -0.4 is 5.73 Å². The molecule has 0 aliphatic heterocycles. The van der Waals surface area contributed by atoms with Gasteiger partial charge in [0.15, 0.2) is 0 Å². The molecule has 0 fully saturated rings. The van der Waals surface area contributed by atoms with Gasteiger partial charge in [-0.05, 0) is 18.2 Å². The molecule has 0 saturated heterocycles. The van der Waals surface area contributed by atoms with Crippen molar-refractivity contribution < 1.29 is 9.15 Å². The molecule has 1 aromatic carbocycles. The average Bonchev–Trinajstić information content (AvgIpc) is 2.49. The fourth-order valence-electron chi connectivity index (χ4n) is 1.37. The molecule has 0 spiro atoms. The van der Waals surface area contributed by atoms with E-state index in [1.807, 2.05) is 18.2 Å². The zero-order valence-corrected chi connectivity index (χ0v) is 7.41. The van der Waals surface area contributed by atoms with Gasteiger partial charge in [0.05, 0.1) is 12.9 Å². The lowest BCUT2D eigenvalue weighted by molar-refractivity contribution is 0.185. The molecule has 13 heavy (non-hydrogen) atoms. The van der Waals surface area contributed by atoms with E-state index in [0.29, 0.717) is 6.61 Å². The molecule has 1 heterocycles. The first-order valence-electron chi connectivity index (χ1n) is 4.06. The quantitative estimate of drug-likeness (QED) is 0.715. The van der Waals surface area contributed by atoms with Crippen LogP contribution in [-0.2, 0) is 11.3 Å². The van der Waals surface area contributed by atoms with Gasteiger partial charge in [0.1, 0.15) is 5.58 Å². The Balaban J connectivity index is 2.58. The second kappa shape index (κ2) is 3.11. The molecule has 0 atom stereocenters. The number of hydrogen-bond donors (Lipinski definition) is 1. The second-order valence-electron chi connectivity index (χ2n) is 2.95. The fourth-order valence-corrected chi connectivity index (χ4v) is 1.37. The van der Waals surface area contributed by atoms with Gasteiger partial charge in [-0.2, -0.15) is 0 Å². The summed E-state index contributed by atoms with van der Waals surface area (Å²) in [6, 6.07) is 5.58. The highest BCUT2D eigenvalue weighted by Gasteiger charge is 2.04. The molecular formula is C10H11NO2. The molecule has 68 valence electrons. The van der Waals surface area contributed by atoms with Gasteiger partial charge in [0.25, 0.3) is 0 Å². The van der Waals surface area contributed by atoms with Crippen molar-refractivity contribution in [2.75, 3.05) is 12.8 Å². The van der Waals surface area contributed by atoms with Gasteiger partial charge < -0.3 is 14.9 Å². The number of anilines is 1. The highest BCUT2D eigenvalue weighted by atomic mass is 16.5. The number of nitrogen functional groups attached to an aromatic ring is 1. The summed E-state index contributed by atoms with van der Waals surface area (Å²) in [6.07, 6.45) is 1.70. The molecule has 3 heteroatoms. The van der Waals surface area contributed by atoms with Crippen LogP contribution in [0.5, 0.6) is 0 Å². The summed E-state index contributed by atoms with van der Waals surface area (Å²) in [6.45, 7) is 0.552. The molecule has 1 aromatic heterocycles. The first-order chi connectivity index (χ1) is 6.31. The van der Waals surface area contributed by atoms with Crippen molar-refractivity contribution in [1.82, 2.24) is 0 Å². The Hall–Kier alpha value is -1.48. The number of furan rings is 1. The minimum absolute atomic E-state index is 0.552. The molecule has 0 aliphatic carbocycles. The van der Waals surface area contributed by atoms with Gasteiger partial charge in [-0.15, -0.1) is 0 Å². The van der Waals surface area contributed by atoms with Crippen molar-refractivity contribution in [3.8, 4) is 0 Å². The van der Waals surface area contributed by atoms with E-state index in [1.54, 1.807) is 13.4 Å². The van der Waals surface area contributed by atoms with E-state index >= 15 is 0 Å². The zero-order valence-electron chi connectivity index (χ0n) is 7.41. The minimum Gasteiger partial charge on any atom is -0.464 e. The largest absolute Gasteiger partial charge is 0.464 e. The molecular weight excluding hydrogens is 166 g/mol. The van der Waals surface area contributed by atoms with E-state index in [2.05, 4.69) is 0 Å². The van der Waals surface area contributed by atoms with Gasteiger partial charge in [-0.3, -0.25) is 0 Å². The molecule has 0 bridgehead atoms.